The molecule has 0 saturated carbocycles. The highest BCUT2D eigenvalue weighted by atomic mass is 19.4. The molecule has 0 radical (unpaired) electrons. The Hall–Kier alpha value is -7.85. The monoisotopic (exact) mass is 990 g/mol. The number of carbonyl (C=O) groups excluding carboxylic acids is 4. The number of nitrogens with zero attached hydrogens (tertiary/aromatic N) is 9. The minimum absolute atomic E-state index is 0.0464. The van der Waals surface area contributed by atoms with Crippen molar-refractivity contribution in [3.05, 3.63) is 129 Å². The number of aryl methyl sites for hydroxylation is 2. The predicted molar refractivity (Wildman–Crippen MR) is 259 cm³/mol. The van der Waals surface area contributed by atoms with Crippen molar-refractivity contribution in [3.8, 4) is 16.9 Å². The van der Waals surface area contributed by atoms with Crippen LogP contribution in [0, 0.1) is 5.82 Å². The van der Waals surface area contributed by atoms with Gasteiger partial charge in [0, 0.05) is 95.7 Å². The largest absolute Gasteiger partial charge is 0.416 e. The fraction of sp³-hybridized carbons (Fsp3) is 0.340. The molecule has 0 spiro atoms. The van der Waals surface area contributed by atoms with Crippen LogP contribution in [0.25, 0.3) is 38.9 Å². The first-order valence-corrected chi connectivity index (χ1v) is 23.6. The molecule has 3 aliphatic heterocycles. The van der Waals surface area contributed by atoms with Crippen LogP contribution in [0.5, 0.6) is 0 Å². The smallest absolute Gasteiger partial charge is 0.370 e. The number of piperidine rings is 2. The first-order valence-electron chi connectivity index (χ1n) is 23.6. The molecule has 22 heteroatoms. The van der Waals surface area contributed by atoms with Gasteiger partial charge in [-0.05, 0) is 85.5 Å². The number of imide groups is 1. The van der Waals surface area contributed by atoms with E-state index in [0.29, 0.717) is 48.1 Å². The molecule has 1 atom stereocenters. The molecular weight excluding hydrogens is 941 g/mol. The number of hydrogen-bond acceptors (Lipinski definition) is 10. The number of nitrogens with two attached hydrogens (primary N) is 1. The maximum Gasteiger partial charge on any atom is 0.416 e. The summed E-state index contributed by atoms with van der Waals surface area (Å²) in [6.07, 6.45) is -1.29. The number of halogens is 4. The molecule has 4 amide bonds. The van der Waals surface area contributed by atoms with Crippen molar-refractivity contribution in [1.29, 1.82) is 0 Å². The molecule has 1 unspecified atom stereocenters. The van der Waals surface area contributed by atoms with Crippen LogP contribution in [0.3, 0.4) is 0 Å². The maximum absolute atomic E-state index is 14.5. The van der Waals surface area contributed by atoms with Gasteiger partial charge in [0.25, 0.3) is 11.8 Å². The summed E-state index contributed by atoms with van der Waals surface area (Å²) in [4.78, 5) is 84.1. The molecule has 4 N–H and O–H groups in total. The molecule has 374 valence electrons. The lowest BCUT2D eigenvalue weighted by Crippen LogP contribution is -2.53. The van der Waals surface area contributed by atoms with Crippen LogP contribution in [-0.2, 0) is 36.4 Å². The lowest BCUT2D eigenvalue weighted by atomic mass is 10.0. The van der Waals surface area contributed by atoms with Gasteiger partial charge >= 0.3 is 17.6 Å². The van der Waals surface area contributed by atoms with Gasteiger partial charge in [-0.25, -0.2) is 23.2 Å². The van der Waals surface area contributed by atoms with Crippen LogP contribution in [-0.4, -0.2) is 113 Å². The van der Waals surface area contributed by atoms with Crippen LogP contribution in [0.4, 0.5) is 28.9 Å². The number of amides is 4. The van der Waals surface area contributed by atoms with Gasteiger partial charge in [-0.3, -0.25) is 43.4 Å². The molecule has 0 bridgehead atoms. The molecule has 0 aliphatic carbocycles. The van der Waals surface area contributed by atoms with E-state index in [0.717, 1.165) is 74.5 Å². The quantitative estimate of drug-likeness (QED) is 0.121. The van der Waals surface area contributed by atoms with E-state index >= 15 is 0 Å². The molecule has 72 heavy (non-hydrogen) atoms. The zero-order chi connectivity index (χ0) is 50.7. The average Bonchev–Trinajstić information content (AvgIpc) is 3.99. The van der Waals surface area contributed by atoms with Crippen molar-refractivity contribution in [2.24, 2.45) is 19.8 Å². The van der Waals surface area contributed by atoms with Crippen LogP contribution in [0.15, 0.2) is 94.8 Å². The third kappa shape index (κ3) is 8.84. The van der Waals surface area contributed by atoms with E-state index < -0.39 is 46.9 Å². The normalized spacial score (nSPS) is 17.5. The highest BCUT2D eigenvalue weighted by molar-refractivity contribution is 6.13. The second kappa shape index (κ2) is 18.7. The van der Waals surface area contributed by atoms with Gasteiger partial charge in [0.2, 0.25) is 11.8 Å². The van der Waals surface area contributed by atoms with Crippen molar-refractivity contribution in [3.63, 3.8) is 0 Å². The number of fused-ring (bicyclic) bond motifs is 2. The minimum atomic E-state index is -4.82. The molecule has 4 aromatic carbocycles. The van der Waals surface area contributed by atoms with Gasteiger partial charge in [-0.2, -0.15) is 18.3 Å². The van der Waals surface area contributed by atoms with Gasteiger partial charge < -0.3 is 20.5 Å². The Morgan fingerprint density at radius 1 is 0.819 bits per heavy atom. The number of alkyl halides is 3. The summed E-state index contributed by atoms with van der Waals surface area (Å²) in [6, 6.07) is 18.7. The molecule has 3 aliphatic rings. The van der Waals surface area contributed by atoms with E-state index in [9.17, 15) is 46.3 Å². The maximum atomic E-state index is 14.5. The van der Waals surface area contributed by atoms with Crippen molar-refractivity contribution < 1.29 is 36.7 Å². The molecule has 18 nitrogen and oxygen atoms in total. The minimum Gasteiger partial charge on any atom is -0.370 e. The Labute approximate surface area is 407 Å². The summed E-state index contributed by atoms with van der Waals surface area (Å²) in [5.74, 6) is -3.76. The summed E-state index contributed by atoms with van der Waals surface area (Å²) in [7, 11) is 3.22. The summed E-state index contributed by atoms with van der Waals surface area (Å²) in [5.41, 5.74) is 6.90. The number of rotatable bonds is 11. The third-order valence-corrected chi connectivity index (χ3v) is 14.3. The predicted octanol–water partition coefficient (Wildman–Crippen LogP) is 4.62. The number of aromatic nitrogens is 6. The highest BCUT2D eigenvalue weighted by Gasteiger charge is 2.35. The topological polar surface area (TPSA) is 200 Å². The van der Waals surface area contributed by atoms with Crippen molar-refractivity contribution in [2.75, 3.05) is 56.0 Å². The first kappa shape index (κ1) is 47.8. The first-order chi connectivity index (χ1) is 34.4. The zero-order valence-corrected chi connectivity index (χ0v) is 39.3. The van der Waals surface area contributed by atoms with E-state index in [-0.39, 0.29) is 58.8 Å². The second-order valence-corrected chi connectivity index (χ2v) is 18.5. The van der Waals surface area contributed by atoms with Gasteiger partial charge in [-0.1, -0.05) is 18.2 Å². The molecule has 6 heterocycles. The number of imidazole rings is 1. The third-order valence-electron chi connectivity index (χ3n) is 14.3. The number of carbonyl (C=O) groups is 4. The highest BCUT2D eigenvalue weighted by Crippen LogP contribution is 2.38. The zero-order valence-electron chi connectivity index (χ0n) is 39.3. The second-order valence-electron chi connectivity index (χ2n) is 18.5. The van der Waals surface area contributed by atoms with Crippen LogP contribution < -0.4 is 32.6 Å². The Morgan fingerprint density at radius 2 is 1.56 bits per heavy atom. The number of nitrogens with one attached hydrogen (secondary N) is 2. The van der Waals surface area contributed by atoms with E-state index in [1.807, 2.05) is 22.8 Å². The SMILES string of the molecule is Cn1ncn(-c2ccc(-c3cc4cc(C(F)(F)F)cc(C(=O)Nc5ccc(F)c(C(N)=O)c5)c4n3CCN3CCN(C4CCN(c5cccc6c5n(C)c(=O)n6C5CCC(=O)NC5=O)CC4)CC3)cc2)c1=O. The molecule has 3 aromatic heterocycles. The molecular formula is C50H50F4N12O6. The number of piperazine rings is 1. The van der Waals surface area contributed by atoms with Gasteiger partial charge in [0.1, 0.15) is 18.2 Å². The Morgan fingerprint density at radius 3 is 2.22 bits per heavy atom. The van der Waals surface area contributed by atoms with Crippen molar-refractivity contribution >= 4 is 56.9 Å². The van der Waals surface area contributed by atoms with E-state index in [1.165, 1.54) is 33.3 Å². The van der Waals surface area contributed by atoms with Crippen molar-refractivity contribution in [2.45, 2.75) is 50.5 Å². The summed E-state index contributed by atoms with van der Waals surface area (Å²) < 4.78 is 65.5. The summed E-state index contributed by atoms with van der Waals surface area (Å²) in [5, 5.41) is 9.08. The molecule has 7 aromatic rings. The van der Waals surface area contributed by atoms with Gasteiger partial charge in [-0.15, -0.1) is 0 Å². The molecule has 3 saturated heterocycles. The van der Waals surface area contributed by atoms with Crippen LogP contribution in [0.2, 0.25) is 0 Å². The van der Waals surface area contributed by atoms with E-state index in [4.69, 9.17) is 5.73 Å². The molecule has 10 rings (SSSR count). The van der Waals surface area contributed by atoms with E-state index in [2.05, 4.69) is 30.4 Å². The van der Waals surface area contributed by atoms with Crippen LogP contribution >= 0.6 is 0 Å². The number of benzene rings is 4. The Bertz CT molecular complexity index is 3430. The van der Waals surface area contributed by atoms with Gasteiger partial charge in [0.15, 0.2) is 0 Å². The lowest BCUT2D eigenvalue weighted by molar-refractivity contribution is -0.138. The summed E-state index contributed by atoms with van der Waals surface area (Å²) in [6.45, 7) is 5.18. The Balaban J connectivity index is 0.883. The standard InChI is InChI=1S/C50H50F4N12O6/c1-59-44-38(4-3-5-39(44)66(48(59)71)40-12-13-42(67)58-47(40)70)63-16-14-33(15-17-63)62-21-18-61(19-22-62)20-23-64-41(29-6-9-34(10-7-29)65-28-56-60(2)49(65)72)25-30-24-31(50(52,53)54)26-36(43(30)64)46(69)57-32-8-11-37(51)35(27-32)45(55)68/h3-11,24-28,33,40H,12-23H2,1-2H3,(H2,55,68)(H,57,69)(H,58,67,70). The lowest BCUT2D eigenvalue weighted by Gasteiger charge is -2.43. The van der Waals surface area contributed by atoms with Gasteiger partial charge in [0.05, 0.1) is 44.6 Å². The van der Waals surface area contributed by atoms with E-state index in [1.54, 1.807) is 41.9 Å². The fourth-order valence-corrected chi connectivity index (χ4v) is 10.5. The number of anilines is 2. The number of hydrogen-bond donors (Lipinski definition) is 3. The average molecular weight is 991 g/mol. The Kier molecular flexibility index (Phi) is 12.4. The summed E-state index contributed by atoms with van der Waals surface area (Å²) >= 11 is 0. The number of primary amides is 1. The van der Waals surface area contributed by atoms with Crippen LogP contribution in [0.1, 0.15) is 58.0 Å². The molecule has 3 fully saturated rings. The van der Waals surface area contributed by atoms with Crippen molar-refractivity contribution in [1.82, 2.24) is 43.2 Å². The fourth-order valence-electron chi connectivity index (χ4n) is 10.5. The number of para-hydroxylation sites is 1.